The minimum Gasteiger partial charge on any atom is -0.370 e. The van der Waals surface area contributed by atoms with Gasteiger partial charge in [0.2, 0.25) is 5.96 Å². The summed E-state index contributed by atoms with van der Waals surface area (Å²) in [5.74, 6) is -0.0438. The van der Waals surface area contributed by atoms with E-state index in [2.05, 4.69) is 11.1 Å². The lowest BCUT2D eigenvalue weighted by Gasteiger charge is -2.23. The third-order valence-electron chi connectivity index (χ3n) is 2.45. The van der Waals surface area contributed by atoms with Gasteiger partial charge in [0.15, 0.2) is 5.96 Å². The van der Waals surface area contributed by atoms with Gasteiger partial charge in [0, 0.05) is 12.2 Å². The highest BCUT2D eigenvalue weighted by Gasteiger charge is 2.12. The molecule has 17 heavy (non-hydrogen) atoms. The van der Waals surface area contributed by atoms with Gasteiger partial charge in [0.1, 0.15) is 0 Å². The first-order valence-corrected chi connectivity index (χ1v) is 5.48. The van der Waals surface area contributed by atoms with E-state index < -0.39 is 0 Å². The van der Waals surface area contributed by atoms with Gasteiger partial charge in [0.05, 0.1) is 0 Å². The summed E-state index contributed by atoms with van der Waals surface area (Å²) in [5, 5.41) is 7.84. The molecule has 0 aliphatic rings. The first kappa shape index (κ1) is 13.0. The van der Waals surface area contributed by atoms with Gasteiger partial charge >= 0.3 is 0 Å². The minimum atomic E-state index is -0.0989. The SMILES string of the molecule is CCN(C(=N)N=C(N)N)c1ccc(C)cc1C. The average Bonchev–Trinajstić information content (AvgIpc) is 2.21. The molecule has 1 rings (SSSR count). The van der Waals surface area contributed by atoms with Crippen LogP contribution in [-0.4, -0.2) is 18.5 Å². The van der Waals surface area contributed by atoms with Crippen LogP contribution in [-0.2, 0) is 0 Å². The molecule has 0 saturated heterocycles. The monoisotopic (exact) mass is 233 g/mol. The molecule has 0 bridgehead atoms. The summed E-state index contributed by atoms with van der Waals surface area (Å²) >= 11 is 0. The summed E-state index contributed by atoms with van der Waals surface area (Å²) < 4.78 is 0. The van der Waals surface area contributed by atoms with Crippen molar-refractivity contribution in [3.63, 3.8) is 0 Å². The molecule has 0 aromatic heterocycles. The van der Waals surface area contributed by atoms with Gasteiger partial charge in [-0.1, -0.05) is 17.7 Å². The molecule has 92 valence electrons. The van der Waals surface area contributed by atoms with E-state index in [4.69, 9.17) is 16.9 Å². The van der Waals surface area contributed by atoms with Gasteiger partial charge in [0.25, 0.3) is 0 Å². The average molecular weight is 233 g/mol. The second-order valence-corrected chi connectivity index (χ2v) is 3.89. The van der Waals surface area contributed by atoms with E-state index in [0.717, 1.165) is 11.3 Å². The Kier molecular flexibility index (Phi) is 4.09. The maximum absolute atomic E-state index is 7.84. The summed E-state index contributed by atoms with van der Waals surface area (Å²) in [7, 11) is 0. The zero-order chi connectivity index (χ0) is 13.0. The number of aliphatic imine (C=N–C) groups is 1. The number of nitrogens with two attached hydrogens (primary N) is 2. The van der Waals surface area contributed by atoms with Crippen molar-refractivity contribution in [1.29, 1.82) is 5.41 Å². The van der Waals surface area contributed by atoms with E-state index in [0.29, 0.717) is 6.54 Å². The molecule has 5 nitrogen and oxygen atoms in total. The third kappa shape index (κ3) is 3.21. The first-order valence-electron chi connectivity index (χ1n) is 5.48. The number of hydrogen-bond acceptors (Lipinski definition) is 1. The molecule has 0 aliphatic carbocycles. The van der Waals surface area contributed by atoms with Crippen molar-refractivity contribution < 1.29 is 0 Å². The van der Waals surface area contributed by atoms with Crippen molar-refractivity contribution in [2.45, 2.75) is 20.8 Å². The van der Waals surface area contributed by atoms with Gasteiger partial charge in [-0.2, -0.15) is 4.99 Å². The van der Waals surface area contributed by atoms with Crippen molar-refractivity contribution in [2.24, 2.45) is 16.5 Å². The Bertz CT molecular complexity index is 446. The summed E-state index contributed by atoms with van der Waals surface area (Å²) in [4.78, 5) is 5.53. The van der Waals surface area contributed by atoms with Gasteiger partial charge in [-0.05, 0) is 32.4 Å². The fourth-order valence-corrected chi connectivity index (χ4v) is 1.73. The highest BCUT2D eigenvalue weighted by molar-refractivity contribution is 6.01. The number of anilines is 1. The molecular formula is C12H19N5. The standard InChI is InChI=1S/C12H19N5/c1-4-17(12(15)16-11(13)14)10-6-5-8(2)7-9(10)3/h5-7H,4H2,1-3H3,(H5,13,14,15,16). The molecule has 0 heterocycles. The number of guanidine groups is 2. The summed E-state index contributed by atoms with van der Waals surface area (Å²) in [5.41, 5.74) is 13.8. The molecule has 0 spiro atoms. The maximum atomic E-state index is 7.84. The zero-order valence-electron chi connectivity index (χ0n) is 10.5. The van der Waals surface area contributed by atoms with Crippen molar-refractivity contribution in [2.75, 3.05) is 11.4 Å². The lowest BCUT2D eigenvalue weighted by molar-refractivity contribution is 1.02. The van der Waals surface area contributed by atoms with Crippen molar-refractivity contribution in [3.8, 4) is 0 Å². The Morgan fingerprint density at radius 2 is 2.00 bits per heavy atom. The molecule has 0 unspecified atom stereocenters. The van der Waals surface area contributed by atoms with E-state index in [1.807, 2.05) is 32.9 Å². The Balaban J connectivity index is 3.10. The predicted molar refractivity (Wildman–Crippen MR) is 72.5 cm³/mol. The lowest BCUT2D eigenvalue weighted by atomic mass is 10.1. The zero-order valence-corrected chi connectivity index (χ0v) is 10.5. The Labute approximate surface area is 102 Å². The second kappa shape index (κ2) is 5.34. The molecule has 0 atom stereocenters. The predicted octanol–water partition coefficient (Wildman–Crippen LogP) is 1.34. The summed E-state index contributed by atoms with van der Waals surface area (Å²) in [6.45, 7) is 6.64. The van der Waals surface area contributed by atoms with Gasteiger partial charge in [-0.25, -0.2) is 0 Å². The van der Waals surface area contributed by atoms with Crippen molar-refractivity contribution in [3.05, 3.63) is 29.3 Å². The quantitative estimate of drug-likeness (QED) is 0.531. The number of nitrogens with zero attached hydrogens (tertiary/aromatic N) is 2. The number of rotatable bonds is 2. The van der Waals surface area contributed by atoms with E-state index >= 15 is 0 Å². The van der Waals surface area contributed by atoms with Crippen molar-refractivity contribution >= 4 is 17.6 Å². The van der Waals surface area contributed by atoms with Crippen molar-refractivity contribution in [1.82, 2.24) is 0 Å². The minimum absolute atomic E-state index is 0.0550. The molecule has 1 aromatic carbocycles. The van der Waals surface area contributed by atoms with Gasteiger partial charge in [-0.3, -0.25) is 5.41 Å². The van der Waals surface area contributed by atoms with Crippen LogP contribution in [0.15, 0.2) is 23.2 Å². The number of aryl methyl sites for hydroxylation is 2. The fraction of sp³-hybridized carbons (Fsp3) is 0.333. The van der Waals surface area contributed by atoms with E-state index in [1.165, 1.54) is 5.56 Å². The molecule has 0 saturated carbocycles. The molecule has 0 amide bonds. The summed E-state index contributed by atoms with van der Waals surface area (Å²) in [6, 6.07) is 6.06. The lowest BCUT2D eigenvalue weighted by Crippen LogP contribution is -2.33. The highest BCUT2D eigenvalue weighted by atomic mass is 15.3. The van der Waals surface area contributed by atoms with Crippen LogP contribution in [0.2, 0.25) is 0 Å². The number of hydrogen-bond donors (Lipinski definition) is 3. The highest BCUT2D eigenvalue weighted by Crippen LogP contribution is 2.21. The third-order valence-corrected chi connectivity index (χ3v) is 2.45. The molecule has 5 N–H and O–H groups in total. The smallest absolute Gasteiger partial charge is 0.225 e. The van der Waals surface area contributed by atoms with Crippen LogP contribution in [0.5, 0.6) is 0 Å². The molecule has 0 radical (unpaired) electrons. The largest absolute Gasteiger partial charge is 0.370 e. The van der Waals surface area contributed by atoms with Crippen LogP contribution < -0.4 is 16.4 Å². The van der Waals surface area contributed by atoms with E-state index in [1.54, 1.807) is 4.90 Å². The molecular weight excluding hydrogens is 214 g/mol. The number of nitrogens with one attached hydrogen (secondary N) is 1. The van der Waals surface area contributed by atoms with Gasteiger partial charge in [-0.15, -0.1) is 0 Å². The first-order chi connectivity index (χ1) is 7.95. The van der Waals surface area contributed by atoms with Crippen LogP contribution in [0, 0.1) is 19.3 Å². The molecule has 0 aliphatic heterocycles. The fourth-order valence-electron chi connectivity index (χ4n) is 1.73. The Morgan fingerprint density at radius 1 is 1.35 bits per heavy atom. The van der Waals surface area contributed by atoms with Crippen LogP contribution in [0.25, 0.3) is 0 Å². The Morgan fingerprint density at radius 3 is 2.47 bits per heavy atom. The number of benzene rings is 1. The molecule has 1 aromatic rings. The van der Waals surface area contributed by atoms with E-state index in [9.17, 15) is 0 Å². The topological polar surface area (TPSA) is 91.5 Å². The second-order valence-electron chi connectivity index (χ2n) is 3.89. The van der Waals surface area contributed by atoms with Gasteiger partial charge < -0.3 is 16.4 Å². The molecule has 5 heteroatoms. The van der Waals surface area contributed by atoms with Crippen LogP contribution in [0.1, 0.15) is 18.1 Å². The Hall–Kier alpha value is -2.04. The van der Waals surface area contributed by atoms with Crippen LogP contribution >= 0.6 is 0 Å². The van der Waals surface area contributed by atoms with Crippen LogP contribution in [0.3, 0.4) is 0 Å². The summed E-state index contributed by atoms with van der Waals surface area (Å²) in [6.07, 6.45) is 0. The van der Waals surface area contributed by atoms with E-state index in [-0.39, 0.29) is 11.9 Å². The molecule has 0 fully saturated rings. The maximum Gasteiger partial charge on any atom is 0.225 e. The normalized spacial score (nSPS) is 9.82. The van der Waals surface area contributed by atoms with Crippen LogP contribution in [0.4, 0.5) is 5.69 Å².